The maximum Gasteiger partial charge on any atom is 0.226 e. The Morgan fingerprint density at radius 3 is 2.76 bits per heavy atom. The second kappa shape index (κ2) is 7.53. The van der Waals surface area contributed by atoms with Crippen LogP contribution >= 0.6 is 0 Å². The fourth-order valence-electron chi connectivity index (χ4n) is 4.16. The molecule has 2 aromatic rings. The summed E-state index contributed by atoms with van der Waals surface area (Å²) in [6, 6.07) is 5.36. The number of hydrogen-bond donors (Lipinski definition) is 2. The molecule has 8 nitrogen and oxygen atoms in total. The van der Waals surface area contributed by atoms with Gasteiger partial charge in [0.1, 0.15) is 0 Å². The van der Waals surface area contributed by atoms with Gasteiger partial charge in [0.05, 0.1) is 40.8 Å². The van der Waals surface area contributed by atoms with Gasteiger partial charge in [0.15, 0.2) is 9.84 Å². The third-order valence-corrected chi connectivity index (χ3v) is 7.47. The van der Waals surface area contributed by atoms with E-state index in [1.54, 1.807) is 0 Å². The fraction of sp³-hybridized carbons (Fsp3) is 0.550. The van der Waals surface area contributed by atoms with Crippen LogP contribution in [0.4, 0.5) is 5.95 Å². The van der Waals surface area contributed by atoms with Crippen molar-refractivity contribution in [1.82, 2.24) is 15.3 Å². The number of carbonyl (C=O) groups excluding carboxylic acids is 1. The Morgan fingerprint density at radius 2 is 2.03 bits per heavy atom. The fourth-order valence-corrected chi connectivity index (χ4v) is 5.91. The molecule has 3 heterocycles. The second-order valence-electron chi connectivity index (χ2n) is 8.17. The quantitative estimate of drug-likeness (QED) is 0.756. The van der Waals surface area contributed by atoms with E-state index in [4.69, 9.17) is 4.98 Å². The van der Waals surface area contributed by atoms with Crippen molar-refractivity contribution in [2.24, 2.45) is 5.92 Å². The Balaban J connectivity index is 1.50. The summed E-state index contributed by atoms with van der Waals surface area (Å²) in [5.41, 5.74) is 2.91. The lowest BCUT2D eigenvalue weighted by atomic mass is 9.97. The lowest BCUT2D eigenvalue weighted by Crippen LogP contribution is -2.49. The third-order valence-electron chi connectivity index (χ3n) is 5.76. The van der Waals surface area contributed by atoms with Crippen LogP contribution in [-0.2, 0) is 14.6 Å². The monoisotopic (exact) mass is 418 g/mol. The first kappa shape index (κ1) is 20.0. The first-order valence-corrected chi connectivity index (χ1v) is 11.7. The number of nitrogens with one attached hydrogen (secondary N) is 1. The minimum Gasteiger partial charge on any atom is -0.390 e. The highest BCUT2D eigenvalue weighted by Gasteiger charge is 2.39. The summed E-state index contributed by atoms with van der Waals surface area (Å²) in [6.07, 6.45) is 0.486. The van der Waals surface area contributed by atoms with Crippen LogP contribution < -0.4 is 10.2 Å². The Kier molecular flexibility index (Phi) is 5.20. The molecule has 0 aliphatic carbocycles. The number of rotatable bonds is 3. The average molecular weight is 419 g/mol. The topological polar surface area (TPSA) is 112 Å². The van der Waals surface area contributed by atoms with Crippen molar-refractivity contribution >= 4 is 32.6 Å². The van der Waals surface area contributed by atoms with E-state index in [2.05, 4.69) is 10.3 Å². The van der Waals surface area contributed by atoms with Gasteiger partial charge < -0.3 is 15.3 Å². The Bertz CT molecular complexity index is 1060. The molecule has 156 valence electrons. The number of fused-ring (bicyclic) bond motifs is 1. The summed E-state index contributed by atoms with van der Waals surface area (Å²) in [5.74, 6) is -0.400. The molecule has 0 spiro atoms. The number of carbonyl (C=O) groups is 1. The van der Waals surface area contributed by atoms with Gasteiger partial charge in [-0.3, -0.25) is 4.79 Å². The lowest BCUT2D eigenvalue weighted by Gasteiger charge is -2.33. The predicted molar refractivity (Wildman–Crippen MR) is 111 cm³/mol. The van der Waals surface area contributed by atoms with E-state index in [0.717, 1.165) is 35.1 Å². The van der Waals surface area contributed by atoms with Crippen LogP contribution in [0.1, 0.15) is 24.1 Å². The molecule has 2 N–H and O–H groups in total. The van der Waals surface area contributed by atoms with E-state index in [-0.39, 0.29) is 23.3 Å². The van der Waals surface area contributed by atoms with Crippen LogP contribution in [0.5, 0.6) is 0 Å². The molecule has 2 aliphatic rings. The van der Waals surface area contributed by atoms with Crippen molar-refractivity contribution in [3.05, 3.63) is 29.5 Å². The Labute approximate surface area is 170 Å². The molecule has 0 radical (unpaired) electrons. The molecule has 1 aromatic carbocycles. The summed E-state index contributed by atoms with van der Waals surface area (Å²) < 4.78 is 23.3. The number of sulfone groups is 1. The number of aliphatic hydroxyl groups excluding tert-OH is 1. The van der Waals surface area contributed by atoms with Gasteiger partial charge in [-0.2, -0.15) is 0 Å². The molecule has 1 aromatic heterocycles. The van der Waals surface area contributed by atoms with E-state index < -0.39 is 22.0 Å². The van der Waals surface area contributed by atoms with Crippen molar-refractivity contribution < 1.29 is 18.3 Å². The Hall–Kier alpha value is -2.26. The van der Waals surface area contributed by atoms with Gasteiger partial charge in [0.25, 0.3) is 0 Å². The second-order valence-corrected chi connectivity index (χ2v) is 10.3. The summed E-state index contributed by atoms with van der Waals surface area (Å²) >= 11 is 0. The largest absolute Gasteiger partial charge is 0.390 e. The number of hydrogen-bond acceptors (Lipinski definition) is 7. The standard InChI is InChI=1S/C20H26N4O4S/c1-12-5-6-15-13(2)21-20(23-16(15)8-12)24-7-3-4-14(9-24)19(26)22-17-10-29(27,28)11-18(17)25/h5-6,8,14,17-18,25H,3-4,7,9-11H2,1-2H3,(H,22,26)/t14?,17-,18-/m1/s1. The molecule has 4 rings (SSSR count). The van der Waals surface area contributed by atoms with Gasteiger partial charge in [-0.1, -0.05) is 12.1 Å². The highest BCUT2D eigenvalue weighted by Crippen LogP contribution is 2.25. The number of anilines is 1. The molecule has 9 heteroatoms. The average Bonchev–Trinajstić information content (AvgIpc) is 2.92. The van der Waals surface area contributed by atoms with Crippen LogP contribution in [0.3, 0.4) is 0 Å². The number of aromatic nitrogens is 2. The molecule has 2 saturated heterocycles. The van der Waals surface area contributed by atoms with E-state index in [9.17, 15) is 18.3 Å². The molecular formula is C20H26N4O4S. The van der Waals surface area contributed by atoms with Crippen molar-refractivity contribution in [3.8, 4) is 0 Å². The van der Waals surface area contributed by atoms with E-state index in [1.165, 1.54) is 0 Å². The molecule has 2 fully saturated rings. The number of amides is 1. The summed E-state index contributed by atoms with van der Waals surface area (Å²) in [4.78, 5) is 24.1. The van der Waals surface area contributed by atoms with Gasteiger partial charge in [-0.15, -0.1) is 0 Å². The summed E-state index contributed by atoms with van der Waals surface area (Å²) in [5, 5.41) is 13.7. The van der Waals surface area contributed by atoms with Crippen LogP contribution in [0.15, 0.2) is 18.2 Å². The first-order chi connectivity index (χ1) is 13.7. The number of benzene rings is 1. The predicted octanol–water partition coefficient (Wildman–Crippen LogP) is 0.737. The number of nitrogens with zero attached hydrogens (tertiary/aromatic N) is 3. The normalized spacial score (nSPS) is 26.6. The zero-order valence-electron chi connectivity index (χ0n) is 16.6. The summed E-state index contributed by atoms with van der Waals surface area (Å²) in [7, 11) is -3.30. The molecule has 2 aliphatic heterocycles. The summed E-state index contributed by atoms with van der Waals surface area (Å²) in [6.45, 7) is 5.22. The molecule has 0 bridgehead atoms. The van der Waals surface area contributed by atoms with Gasteiger partial charge in [0, 0.05) is 18.5 Å². The van der Waals surface area contributed by atoms with Gasteiger partial charge >= 0.3 is 0 Å². The minimum atomic E-state index is -3.30. The number of piperidine rings is 1. The molecule has 1 amide bonds. The SMILES string of the molecule is Cc1ccc2c(C)nc(N3CCCC(C(=O)N[C@@H]4CS(=O)(=O)C[C@H]4O)C3)nc2c1. The van der Waals surface area contributed by atoms with Crippen molar-refractivity contribution in [2.45, 2.75) is 38.8 Å². The number of aryl methyl sites for hydroxylation is 2. The third kappa shape index (κ3) is 4.20. The lowest BCUT2D eigenvalue weighted by molar-refractivity contribution is -0.126. The Morgan fingerprint density at radius 1 is 1.24 bits per heavy atom. The van der Waals surface area contributed by atoms with Crippen molar-refractivity contribution in [2.75, 3.05) is 29.5 Å². The molecule has 0 saturated carbocycles. The highest BCUT2D eigenvalue weighted by atomic mass is 32.2. The molecule has 29 heavy (non-hydrogen) atoms. The highest BCUT2D eigenvalue weighted by molar-refractivity contribution is 7.91. The van der Waals surface area contributed by atoms with Crippen molar-refractivity contribution in [3.63, 3.8) is 0 Å². The van der Waals surface area contributed by atoms with Gasteiger partial charge in [-0.25, -0.2) is 18.4 Å². The smallest absolute Gasteiger partial charge is 0.226 e. The molecule has 3 atom stereocenters. The van der Waals surface area contributed by atoms with Gasteiger partial charge in [-0.05, 0) is 38.3 Å². The van der Waals surface area contributed by atoms with E-state index in [0.29, 0.717) is 18.9 Å². The zero-order chi connectivity index (χ0) is 20.8. The van der Waals surface area contributed by atoms with E-state index in [1.807, 2.05) is 36.9 Å². The maximum atomic E-state index is 12.7. The number of aliphatic hydroxyl groups is 1. The van der Waals surface area contributed by atoms with Crippen LogP contribution in [0.25, 0.3) is 10.9 Å². The zero-order valence-corrected chi connectivity index (χ0v) is 17.4. The van der Waals surface area contributed by atoms with E-state index >= 15 is 0 Å². The van der Waals surface area contributed by atoms with Crippen LogP contribution in [0.2, 0.25) is 0 Å². The van der Waals surface area contributed by atoms with Crippen molar-refractivity contribution in [1.29, 1.82) is 0 Å². The van der Waals surface area contributed by atoms with Crippen LogP contribution in [0, 0.1) is 19.8 Å². The minimum absolute atomic E-state index is 0.206. The molecule has 1 unspecified atom stereocenters. The van der Waals surface area contributed by atoms with Gasteiger partial charge in [0.2, 0.25) is 11.9 Å². The molecular weight excluding hydrogens is 392 g/mol. The van der Waals surface area contributed by atoms with Crippen LogP contribution in [-0.4, -0.2) is 66.1 Å². The first-order valence-electron chi connectivity index (χ1n) is 9.91. The maximum absolute atomic E-state index is 12.7.